The number of rotatable bonds is 26. The van der Waals surface area contributed by atoms with Gasteiger partial charge in [-0.2, -0.15) is 4.39 Å². The van der Waals surface area contributed by atoms with Gasteiger partial charge in [0.05, 0.1) is 24.8 Å². The van der Waals surface area contributed by atoms with E-state index in [1.165, 1.54) is 90.2 Å². The molecule has 8 aromatic heterocycles. The van der Waals surface area contributed by atoms with Crippen molar-refractivity contribution in [2.45, 2.75) is 159 Å². The number of hydroxylamine groups is 2. The summed E-state index contributed by atoms with van der Waals surface area (Å²) in [7, 11) is 1.56. The Balaban J connectivity index is -0.000000275. The van der Waals surface area contributed by atoms with Crippen molar-refractivity contribution in [3.05, 3.63) is 287 Å². The Kier molecular flexibility index (Phi) is 75.6. The lowest BCUT2D eigenvalue weighted by molar-refractivity contribution is -0.165. The number of aldehydes is 1. The molecule has 8 heterocycles. The highest BCUT2D eigenvalue weighted by atomic mass is 79.9. The number of likely N-dealkylation sites (N-methyl/N-ethyl adjacent to an activating group) is 1. The molecule has 0 aliphatic rings. The van der Waals surface area contributed by atoms with E-state index >= 15 is 0 Å². The summed E-state index contributed by atoms with van der Waals surface area (Å²) < 4.78 is 121. The number of aromatic nitrogens is 8. The van der Waals surface area contributed by atoms with Crippen LogP contribution in [0.2, 0.25) is 5.02 Å². The third kappa shape index (κ3) is 60.2. The monoisotopic (exact) mass is 2340 g/mol. The number of nitrogens with two attached hydrogens (primary N) is 1. The summed E-state index contributed by atoms with van der Waals surface area (Å²) in [6.45, 7) is 18.9. The SMILES string of the molecule is C.C.C.C.C.C.C.C.CC(=O)/C(F)=C/c1ccc(Br)nc1.CC(=O)C[C@@H](C)/C(F)=C/c1ccc(Br)nc1.CCOc1ccc(Oc2ccc(/C=C(\F)[C@H](C)CC(C)=O)cn2)c(Cl)c1.CON(C)C(=O)/C(F)=C/c1ccc(Br)nc1.C[C@H](C[S@](=O)C(C)(C)C)/C(F)=C/c1ccc(Br)nc1.C[C@H](N)/C(F)=C/c1ccc(Br)nc1.O=C(O)/C(F)=C/c1ccc(Br)nc1.O=Cc1ccc(Br)nc1. The molecule has 1 aromatic carbocycles. The summed E-state index contributed by atoms with van der Waals surface area (Å²) in [6, 6.07) is 31.7. The zero-order valence-corrected chi connectivity index (χ0v) is 82.2. The molecule has 0 bridgehead atoms. The Hall–Kier alpha value is -8.95. The van der Waals surface area contributed by atoms with Crippen LogP contribution in [0, 0.1) is 17.8 Å². The molecule has 0 saturated heterocycles. The van der Waals surface area contributed by atoms with Crippen LogP contribution in [-0.2, 0) is 39.6 Å². The number of benzene rings is 1. The fourth-order valence-corrected chi connectivity index (χ4v) is 11.4. The number of ether oxygens (including phenoxy) is 2. The third-order valence-electron chi connectivity index (χ3n) is 15.1. The first-order chi connectivity index (χ1) is 58.7. The van der Waals surface area contributed by atoms with Gasteiger partial charge in [0, 0.05) is 133 Å². The average molecular weight is 2350 g/mol. The molecule has 9 aromatic rings. The first kappa shape index (κ1) is 137. The quantitative estimate of drug-likeness (QED) is 0.0167. The molecule has 0 saturated carbocycles. The van der Waals surface area contributed by atoms with Crippen molar-refractivity contribution < 1.29 is 83.1 Å². The van der Waals surface area contributed by atoms with Gasteiger partial charge in [0.1, 0.15) is 78.6 Å². The number of nitrogens with zero attached hydrogens (tertiary/aromatic N) is 9. The van der Waals surface area contributed by atoms with E-state index in [4.69, 9.17) is 31.9 Å². The van der Waals surface area contributed by atoms with Crippen LogP contribution in [0.25, 0.3) is 42.5 Å². The number of hydrogen-bond acceptors (Lipinski definition) is 19. The van der Waals surface area contributed by atoms with Crippen molar-refractivity contribution in [3.63, 3.8) is 0 Å². The third-order valence-corrected chi connectivity index (χ3v) is 20.8. The maximum absolute atomic E-state index is 14.1. The van der Waals surface area contributed by atoms with Crippen molar-refractivity contribution in [1.82, 2.24) is 44.9 Å². The second kappa shape index (κ2) is 73.4. The number of carboxylic acids is 1. The molecule has 9 rings (SSSR count). The fraction of sp³-hybridized carbons (Fsp3) is 0.312. The number of allylic oxidation sites excluding steroid dienone is 4. The van der Waals surface area contributed by atoms with Crippen LogP contribution in [0.5, 0.6) is 17.4 Å². The Morgan fingerprint density at radius 2 is 0.767 bits per heavy atom. The van der Waals surface area contributed by atoms with Crippen LogP contribution in [-0.4, -0.2) is 127 Å². The van der Waals surface area contributed by atoms with E-state index in [9.17, 15) is 63.7 Å². The number of carboxylic acid groups (broad SMARTS) is 1. The van der Waals surface area contributed by atoms with Crippen LogP contribution < -0.4 is 15.2 Å². The Labute approximate surface area is 846 Å². The molecule has 21 nitrogen and oxygen atoms in total. The summed E-state index contributed by atoms with van der Waals surface area (Å²) in [6.07, 6.45) is 22.0. The summed E-state index contributed by atoms with van der Waals surface area (Å²) in [4.78, 5) is 100. The number of halogens is 15. The van der Waals surface area contributed by atoms with Crippen LogP contribution in [0.3, 0.4) is 0 Å². The summed E-state index contributed by atoms with van der Waals surface area (Å²) in [5.74, 6) is -6.59. The molecule has 3 N–H and O–H groups in total. The predicted octanol–water partition coefficient (Wildman–Crippen LogP) is 30.4. The molecule has 5 atom stereocenters. The first-order valence-corrected chi connectivity index (χ1v) is 44.1. The molecule has 0 unspecified atom stereocenters. The van der Waals surface area contributed by atoms with Gasteiger partial charge in [-0.05, 0) is 308 Å². The number of carbonyl (C=O) groups is 6. The number of pyridine rings is 8. The average Bonchev–Trinajstić information content (AvgIpc) is 0.843. The largest absolute Gasteiger partial charge is 0.494 e. The van der Waals surface area contributed by atoms with Crippen molar-refractivity contribution >= 4 is 212 Å². The zero-order chi connectivity index (χ0) is 94.2. The highest BCUT2D eigenvalue weighted by molar-refractivity contribution is 9.11. The molecule has 0 spiro atoms. The summed E-state index contributed by atoms with van der Waals surface area (Å²) >= 11 is 28.3. The maximum Gasteiger partial charge on any atom is 0.364 e. The molecule has 0 radical (unpaired) electrons. The molecular formula is C96H121Br7ClF7N10O11S. The lowest BCUT2D eigenvalue weighted by Crippen LogP contribution is -2.26. The van der Waals surface area contributed by atoms with E-state index in [1.54, 1.807) is 162 Å². The van der Waals surface area contributed by atoms with E-state index in [-0.39, 0.29) is 124 Å². The van der Waals surface area contributed by atoms with Crippen LogP contribution in [0.1, 0.15) is 198 Å². The molecular weight excluding hydrogens is 2230 g/mol. The van der Waals surface area contributed by atoms with E-state index in [1.807, 2.05) is 27.7 Å². The standard InChI is InChI=1S/C20H21ClFNO3.C14H19BrFNOS.C12H13BrFNO.C10H10BrFN2O2.C9H10BrFN2.C9H7BrFNO.C8H5BrFNO2.C6H4BrNO.8CH4/c1-4-25-16-6-7-19(17(21)11-16)26-20-8-5-15(12-23-20)10-18(22)13(2)9-14(3)24;1-10(9-19(18)14(2,3)4)12(16)7-11-5-6-13(15)17-8-11;1-8(5-9(2)16)11(14)6-10-3-4-12(13)15-7-10;1-14(16-2)10(15)8(12)5-7-3-4-9(11)13-6-7;1-6(12)8(11)4-7-2-3-9(10)13-5-7;1-6(13)8(11)4-7-2-3-9(10)12-5-7;9-7-2-1-5(4-11-7)3-6(10)8(12)13;7-6-2-1-5(4-9)3-8-6;;;;;;;;/h5-8,10-13H,4,9H2,1-3H3;5-8,10H,9H2,1-4H3;3-4,6-8H,5H2,1-2H3;3-6H,1-2H3;2-6H,12H2,1H3;2-5H,1H3;1-4H,(H,12,13);1-4H;8*1H4/b18-10-;12-7-;11-6-;8-5-;2*8-4-;6-3-;;;;;;;;;/t13-;10-,19+;8-;;6-;;;;;;;;;;;/m111.0.........../s1. The molecule has 732 valence electrons. The number of Topliss-reactive ketones (excluding diaryl/α,β-unsaturated/α-hetero) is 3. The topological polar surface area (TPSA) is 300 Å². The van der Waals surface area contributed by atoms with Crippen molar-refractivity contribution in [1.29, 1.82) is 0 Å². The van der Waals surface area contributed by atoms with Gasteiger partial charge in [-0.3, -0.25) is 23.4 Å². The fourth-order valence-electron chi connectivity index (χ4n) is 8.47. The minimum Gasteiger partial charge on any atom is -0.494 e. The van der Waals surface area contributed by atoms with Gasteiger partial charge in [-0.25, -0.2) is 76.1 Å². The first-order valence-electron chi connectivity index (χ1n) is 36.8. The molecule has 0 aliphatic carbocycles. The van der Waals surface area contributed by atoms with Crippen molar-refractivity contribution in [2.24, 2.45) is 23.5 Å². The van der Waals surface area contributed by atoms with Crippen LogP contribution >= 0.6 is 123 Å². The number of ketones is 3. The molecule has 1 amide bonds. The Morgan fingerprint density at radius 3 is 1.03 bits per heavy atom. The number of carbonyl (C=O) groups excluding carboxylic acids is 5. The maximum atomic E-state index is 14.1. The summed E-state index contributed by atoms with van der Waals surface area (Å²) in [5, 5.41) is 9.44. The smallest absolute Gasteiger partial charge is 0.364 e. The van der Waals surface area contributed by atoms with Gasteiger partial charge >= 0.3 is 11.9 Å². The lowest BCUT2D eigenvalue weighted by Gasteiger charge is -2.20. The second-order valence-electron chi connectivity index (χ2n) is 26.9. The molecule has 133 heavy (non-hydrogen) atoms. The molecule has 0 fully saturated rings. The Morgan fingerprint density at radius 1 is 0.466 bits per heavy atom. The second-order valence-corrected chi connectivity index (χ2v) is 35.3. The van der Waals surface area contributed by atoms with Gasteiger partial charge in [0.2, 0.25) is 11.7 Å². The lowest BCUT2D eigenvalue weighted by atomic mass is 10.0. The van der Waals surface area contributed by atoms with Gasteiger partial charge < -0.3 is 29.9 Å². The van der Waals surface area contributed by atoms with E-state index < -0.39 is 57.9 Å². The normalized spacial score (nSPS) is 12.0. The highest BCUT2D eigenvalue weighted by Gasteiger charge is 2.24. The van der Waals surface area contributed by atoms with Crippen LogP contribution in [0.4, 0.5) is 30.7 Å². The summed E-state index contributed by atoms with van der Waals surface area (Å²) in [5.41, 5.74) is 10.1. The number of amides is 1. The minimum absolute atomic E-state index is 0. The number of aliphatic carboxylic acids is 1. The zero-order valence-electron chi connectivity index (χ0n) is 69.6. The van der Waals surface area contributed by atoms with Gasteiger partial charge in [0.25, 0.3) is 0 Å². The van der Waals surface area contributed by atoms with Gasteiger partial charge in [-0.15, -0.1) is 0 Å². The number of hydrogen-bond donors (Lipinski definition) is 2. The Bertz CT molecular complexity index is 5120. The predicted molar refractivity (Wildman–Crippen MR) is 556 cm³/mol. The van der Waals surface area contributed by atoms with E-state index in [2.05, 4.69) is 156 Å². The molecule has 37 heteroatoms. The van der Waals surface area contributed by atoms with Crippen molar-refractivity contribution in [3.8, 4) is 17.4 Å². The van der Waals surface area contributed by atoms with E-state index in [0.29, 0.717) is 102 Å². The van der Waals surface area contributed by atoms with Crippen LogP contribution in [0.15, 0.2) is 238 Å². The van der Waals surface area contributed by atoms with E-state index in [0.717, 1.165) is 38.8 Å². The minimum atomic E-state index is -1.58. The van der Waals surface area contributed by atoms with Crippen molar-refractivity contribution in [2.75, 3.05) is 26.5 Å². The van der Waals surface area contributed by atoms with Gasteiger partial charge in [-0.1, -0.05) is 128 Å². The highest BCUT2D eigenvalue weighted by Crippen LogP contribution is 2.33. The van der Waals surface area contributed by atoms with Gasteiger partial charge in [0.15, 0.2) is 23.7 Å². The molecule has 0 aliphatic heterocycles.